The van der Waals surface area contributed by atoms with Crippen molar-refractivity contribution in [1.82, 2.24) is 10.6 Å². The summed E-state index contributed by atoms with van der Waals surface area (Å²) >= 11 is 0. The van der Waals surface area contributed by atoms with Crippen LogP contribution < -0.4 is 26.2 Å². The quantitative estimate of drug-likeness (QED) is 0.234. The van der Waals surface area contributed by atoms with Gasteiger partial charge in [-0.15, -0.1) is 0 Å². The molecule has 6 N–H and O–H groups in total. The number of hydrogen-bond acceptors (Lipinski definition) is 7. The highest BCUT2D eigenvalue weighted by Gasteiger charge is 2.52. The molecule has 0 radical (unpaired) electrons. The molecule has 3 aliphatic heterocycles. The average molecular weight is 590 g/mol. The number of anilines is 3. The normalized spacial score (nSPS) is 24.5. The highest BCUT2D eigenvalue weighted by atomic mass is 16.3. The first-order valence-corrected chi connectivity index (χ1v) is 15.4. The van der Waals surface area contributed by atoms with Crippen LogP contribution in [0.25, 0.3) is 0 Å². The van der Waals surface area contributed by atoms with E-state index in [1.54, 1.807) is 42.2 Å². The van der Waals surface area contributed by atoms with E-state index in [1.165, 1.54) is 0 Å². The number of carbonyl (C=O) groups is 3. The van der Waals surface area contributed by atoms with Gasteiger partial charge in [0.15, 0.2) is 5.60 Å². The van der Waals surface area contributed by atoms with Crippen molar-refractivity contribution >= 4 is 34.8 Å². The summed E-state index contributed by atoms with van der Waals surface area (Å²) in [4.78, 5) is 41.4. The Bertz CT molecular complexity index is 1350. The van der Waals surface area contributed by atoms with Gasteiger partial charge in [-0.2, -0.15) is 0 Å². The monoisotopic (exact) mass is 589 g/mol. The first-order valence-electron chi connectivity index (χ1n) is 15.4. The van der Waals surface area contributed by atoms with Crippen molar-refractivity contribution in [2.24, 2.45) is 17.8 Å². The van der Waals surface area contributed by atoms with Gasteiger partial charge < -0.3 is 36.4 Å². The third-order valence-corrected chi connectivity index (χ3v) is 8.79. The summed E-state index contributed by atoms with van der Waals surface area (Å²) in [6, 6.07) is 12.7. The molecule has 43 heavy (non-hydrogen) atoms. The summed E-state index contributed by atoms with van der Waals surface area (Å²) in [5.41, 5.74) is 1.10. The molecule has 2 fully saturated rings. The Morgan fingerprint density at radius 1 is 1.02 bits per heavy atom. The van der Waals surface area contributed by atoms with Gasteiger partial charge in [-0.1, -0.05) is 31.2 Å². The third-order valence-electron chi connectivity index (χ3n) is 8.79. The van der Waals surface area contributed by atoms with Crippen molar-refractivity contribution in [3.05, 3.63) is 65.7 Å². The third kappa shape index (κ3) is 6.83. The minimum Gasteiger partial charge on any atom is -0.396 e. The van der Waals surface area contributed by atoms with Gasteiger partial charge in [0.1, 0.15) is 0 Å². The predicted molar refractivity (Wildman–Crippen MR) is 166 cm³/mol. The lowest BCUT2D eigenvalue weighted by Crippen LogP contribution is -2.44. The van der Waals surface area contributed by atoms with Gasteiger partial charge in [0.2, 0.25) is 11.8 Å². The minimum atomic E-state index is -1.87. The summed E-state index contributed by atoms with van der Waals surface area (Å²) in [6.45, 7) is 5.05. The smallest absolute Gasteiger partial charge is 0.264 e. The van der Waals surface area contributed by atoms with Gasteiger partial charge in [-0.05, 0) is 81.1 Å². The maximum atomic E-state index is 14.0. The van der Waals surface area contributed by atoms with Crippen LogP contribution in [0.15, 0.2) is 54.6 Å². The maximum Gasteiger partial charge on any atom is 0.264 e. The summed E-state index contributed by atoms with van der Waals surface area (Å²) in [7, 11) is 0. The molecule has 10 nitrogen and oxygen atoms in total. The Kier molecular flexibility index (Phi) is 9.92. The van der Waals surface area contributed by atoms with E-state index in [0.29, 0.717) is 42.1 Å². The summed E-state index contributed by atoms with van der Waals surface area (Å²) in [5, 5.41) is 33.8. The van der Waals surface area contributed by atoms with Crippen molar-refractivity contribution in [2.75, 3.05) is 48.3 Å². The van der Waals surface area contributed by atoms with E-state index in [2.05, 4.69) is 21.3 Å². The van der Waals surface area contributed by atoms with Crippen LogP contribution >= 0.6 is 0 Å². The van der Waals surface area contributed by atoms with E-state index in [1.807, 2.05) is 24.3 Å². The molecule has 0 aromatic heterocycles. The Hall–Kier alpha value is -3.57. The fourth-order valence-electron chi connectivity index (χ4n) is 6.27. The first-order chi connectivity index (χ1) is 20.8. The molecular weight excluding hydrogens is 546 g/mol. The molecular formula is C33H43N5O5. The number of rotatable bonds is 10. The van der Waals surface area contributed by atoms with Crippen LogP contribution in [0.5, 0.6) is 0 Å². The Labute approximate surface area is 252 Å². The Morgan fingerprint density at radius 3 is 2.28 bits per heavy atom. The van der Waals surface area contributed by atoms with Crippen LogP contribution in [0, 0.1) is 17.8 Å². The highest BCUT2D eigenvalue weighted by molar-refractivity contribution is 6.08. The molecule has 2 saturated heterocycles. The molecule has 2 aromatic rings. The molecule has 0 bridgehead atoms. The number of fused-ring (bicyclic) bond motifs is 1. The molecule has 3 aliphatic rings. The number of carbonyl (C=O) groups excluding carboxylic acids is 3. The largest absolute Gasteiger partial charge is 0.396 e. The van der Waals surface area contributed by atoms with Crippen LogP contribution in [0.4, 0.5) is 17.1 Å². The van der Waals surface area contributed by atoms with E-state index in [-0.39, 0.29) is 36.8 Å². The van der Waals surface area contributed by atoms with E-state index in [4.69, 9.17) is 0 Å². The number of hydrogen-bond donors (Lipinski definition) is 6. The Balaban J connectivity index is 1.40. The van der Waals surface area contributed by atoms with Gasteiger partial charge >= 0.3 is 0 Å². The molecule has 0 aliphatic carbocycles. The maximum absolute atomic E-state index is 14.0. The van der Waals surface area contributed by atoms with Crippen molar-refractivity contribution in [3.63, 3.8) is 0 Å². The molecule has 0 saturated carbocycles. The van der Waals surface area contributed by atoms with Gasteiger partial charge in [0.25, 0.3) is 5.91 Å². The van der Waals surface area contributed by atoms with Crippen LogP contribution in [0.3, 0.4) is 0 Å². The fraction of sp³-hybridized carbons (Fsp3) is 0.485. The standard InChI is InChI=1S/C33H43N5O5/c1-22(7-2-3-16-39)33(43)28-18-27(37-31(41)25-10-6-15-35-20-25)12-13-29(28)38(32(33)42)21-23-8-4-11-26(17-23)36-30(40)24-9-5-14-34-19-24/h2,4,7-8,11-13,17-18,22,24-25,34-35,39,43H,3,5-6,9-10,14-16,19-21H2,1H3,(H,36,40)(H,37,41)/b7-2+/t22-,24?,25?,33+/m1/s1. The predicted octanol–water partition coefficient (Wildman–Crippen LogP) is 2.87. The summed E-state index contributed by atoms with van der Waals surface area (Å²) in [6.07, 6.45) is 7.47. The molecule has 2 aromatic carbocycles. The fourth-order valence-corrected chi connectivity index (χ4v) is 6.27. The number of aliphatic hydroxyl groups is 2. The molecule has 2 unspecified atom stereocenters. The highest BCUT2D eigenvalue weighted by Crippen LogP contribution is 2.47. The van der Waals surface area contributed by atoms with Crippen LogP contribution in [0.2, 0.25) is 0 Å². The number of amides is 3. The molecule has 0 spiro atoms. The SMILES string of the molecule is C[C@H](/C=C/CCO)[C@@]1(O)C(=O)N(Cc2cccc(NC(=O)C3CCCNC3)c2)c2ccc(NC(=O)C3CCCNC3)cc21. The zero-order chi connectivity index (χ0) is 30.4. The summed E-state index contributed by atoms with van der Waals surface area (Å²) < 4.78 is 0. The van der Waals surface area contributed by atoms with Crippen LogP contribution in [-0.2, 0) is 26.5 Å². The molecule has 5 rings (SSSR count). The number of benzene rings is 2. The number of nitrogens with zero attached hydrogens (tertiary/aromatic N) is 1. The van der Waals surface area contributed by atoms with Crippen molar-refractivity contribution < 1.29 is 24.6 Å². The van der Waals surface area contributed by atoms with E-state index < -0.39 is 17.4 Å². The second-order valence-electron chi connectivity index (χ2n) is 11.9. The average Bonchev–Trinajstić information content (AvgIpc) is 3.24. The topological polar surface area (TPSA) is 143 Å². The van der Waals surface area contributed by atoms with E-state index in [0.717, 1.165) is 44.3 Å². The minimum absolute atomic E-state index is 0.0246. The van der Waals surface area contributed by atoms with Crippen molar-refractivity contribution in [2.45, 2.75) is 51.2 Å². The van der Waals surface area contributed by atoms with Crippen LogP contribution in [-0.4, -0.2) is 60.7 Å². The lowest BCUT2D eigenvalue weighted by Gasteiger charge is -2.28. The van der Waals surface area contributed by atoms with Gasteiger partial charge in [-0.3, -0.25) is 14.4 Å². The number of aliphatic hydroxyl groups excluding tert-OH is 1. The van der Waals surface area contributed by atoms with Gasteiger partial charge in [-0.25, -0.2) is 0 Å². The van der Waals surface area contributed by atoms with Gasteiger partial charge in [0, 0.05) is 42.6 Å². The molecule has 230 valence electrons. The van der Waals surface area contributed by atoms with E-state index >= 15 is 0 Å². The lowest BCUT2D eigenvalue weighted by molar-refractivity contribution is -0.139. The first kappa shape index (κ1) is 30.9. The molecule has 4 atom stereocenters. The molecule has 10 heteroatoms. The second-order valence-corrected chi connectivity index (χ2v) is 11.9. The lowest BCUT2D eigenvalue weighted by atomic mass is 9.82. The summed E-state index contributed by atoms with van der Waals surface area (Å²) in [5.74, 6) is -1.39. The van der Waals surface area contributed by atoms with Gasteiger partial charge in [0.05, 0.1) is 24.1 Å². The van der Waals surface area contributed by atoms with Crippen molar-refractivity contribution in [1.29, 1.82) is 0 Å². The number of nitrogens with one attached hydrogen (secondary N) is 4. The molecule has 3 heterocycles. The second kappa shape index (κ2) is 13.8. The van der Waals surface area contributed by atoms with Crippen molar-refractivity contribution in [3.8, 4) is 0 Å². The molecule has 3 amide bonds. The van der Waals surface area contributed by atoms with Crippen LogP contribution in [0.1, 0.15) is 50.2 Å². The zero-order valence-corrected chi connectivity index (χ0v) is 24.8. The zero-order valence-electron chi connectivity index (χ0n) is 24.8. The van der Waals surface area contributed by atoms with E-state index in [9.17, 15) is 24.6 Å². The number of piperidine rings is 2. The Morgan fingerprint density at radius 2 is 1.67 bits per heavy atom.